The van der Waals surface area contributed by atoms with Crippen LogP contribution in [0, 0.1) is 14.9 Å². The fraction of sp³-hybridized carbons (Fsp3) is 0.118. The van der Waals surface area contributed by atoms with Crippen LogP contribution in [0.2, 0.25) is 0 Å². The van der Waals surface area contributed by atoms with Crippen LogP contribution in [0.25, 0.3) is 0 Å². The first-order valence-corrected chi connectivity index (χ1v) is 8.20. The highest BCUT2D eigenvalue weighted by molar-refractivity contribution is 7.71. The van der Waals surface area contributed by atoms with Gasteiger partial charge in [-0.3, -0.25) is 15.2 Å². The number of H-pyrrole nitrogens is 1. The Morgan fingerprint density at radius 1 is 1.41 bits per heavy atom. The lowest BCUT2D eigenvalue weighted by molar-refractivity contribution is -0.385. The van der Waals surface area contributed by atoms with E-state index in [0.29, 0.717) is 12.2 Å². The molecule has 0 fully saturated rings. The summed E-state index contributed by atoms with van der Waals surface area (Å²) in [7, 11) is 1.31. The molecule has 0 spiro atoms. The summed E-state index contributed by atoms with van der Waals surface area (Å²) in [6.45, 7) is 0. The van der Waals surface area contributed by atoms with Gasteiger partial charge in [-0.2, -0.15) is 14.9 Å². The summed E-state index contributed by atoms with van der Waals surface area (Å²) >= 11 is 5.19. The largest absolute Gasteiger partial charge is 0.504 e. The summed E-state index contributed by atoms with van der Waals surface area (Å²) in [6.07, 6.45) is 1.75. The molecule has 3 aromatic rings. The van der Waals surface area contributed by atoms with Gasteiger partial charge in [-0.25, -0.2) is 0 Å². The number of phenolic OH excluding ortho intramolecular Hbond substituents is 1. The minimum Gasteiger partial charge on any atom is -0.504 e. The number of methoxy groups -OCH3 is 1. The van der Waals surface area contributed by atoms with Crippen molar-refractivity contribution in [3.63, 3.8) is 0 Å². The number of nitro groups is 1. The van der Waals surface area contributed by atoms with E-state index in [1.165, 1.54) is 24.1 Å². The van der Waals surface area contributed by atoms with Gasteiger partial charge < -0.3 is 9.84 Å². The number of hydrogen-bond acceptors (Lipinski definition) is 7. The zero-order chi connectivity index (χ0) is 19.4. The van der Waals surface area contributed by atoms with Gasteiger partial charge >= 0.3 is 0 Å². The number of nitro benzene ring substituents is 1. The number of nitrogens with one attached hydrogen (secondary N) is 1. The van der Waals surface area contributed by atoms with E-state index >= 15 is 0 Å². The molecule has 0 saturated heterocycles. The smallest absolute Gasteiger partial charge is 0.274 e. The Morgan fingerprint density at radius 3 is 2.81 bits per heavy atom. The van der Waals surface area contributed by atoms with Crippen LogP contribution in [0.15, 0.2) is 47.6 Å². The summed E-state index contributed by atoms with van der Waals surface area (Å²) in [6, 6.07) is 12.0. The van der Waals surface area contributed by atoms with E-state index in [4.69, 9.17) is 17.0 Å². The Bertz CT molecular complexity index is 1060. The summed E-state index contributed by atoms with van der Waals surface area (Å²) in [4.78, 5) is 10.5. The summed E-state index contributed by atoms with van der Waals surface area (Å²) in [5.41, 5.74) is 0.907. The van der Waals surface area contributed by atoms with Gasteiger partial charge in [0.2, 0.25) is 4.77 Å². The van der Waals surface area contributed by atoms with Gasteiger partial charge in [0.1, 0.15) is 0 Å². The maximum Gasteiger partial charge on any atom is 0.274 e. The van der Waals surface area contributed by atoms with E-state index in [1.54, 1.807) is 0 Å². The lowest BCUT2D eigenvalue weighted by atomic mass is 10.1. The van der Waals surface area contributed by atoms with Crippen molar-refractivity contribution >= 4 is 24.1 Å². The summed E-state index contributed by atoms with van der Waals surface area (Å²) in [5, 5.41) is 32.3. The van der Waals surface area contributed by atoms with E-state index in [9.17, 15) is 15.2 Å². The van der Waals surface area contributed by atoms with Gasteiger partial charge in [0.05, 0.1) is 24.3 Å². The molecule has 0 aliphatic heterocycles. The van der Waals surface area contributed by atoms with Gasteiger partial charge in [0.25, 0.3) is 5.69 Å². The van der Waals surface area contributed by atoms with Crippen LogP contribution in [0.3, 0.4) is 0 Å². The number of benzene rings is 2. The lowest BCUT2D eigenvalue weighted by Gasteiger charge is -2.06. The Morgan fingerprint density at radius 2 is 2.15 bits per heavy atom. The van der Waals surface area contributed by atoms with Crippen molar-refractivity contribution in [3.8, 4) is 11.5 Å². The maximum absolute atomic E-state index is 11.1. The maximum atomic E-state index is 11.1. The average molecular weight is 385 g/mol. The molecule has 138 valence electrons. The average Bonchev–Trinajstić information content (AvgIpc) is 3.01. The fourth-order valence-electron chi connectivity index (χ4n) is 2.43. The minimum absolute atomic E-state index is 0.0223. The standard InChI is InChI=1S/C17H15N5O4S/c1-26-14-9-13(22(24)25)8-12(16(14)23)10-18-21-15(19-20-17(21)27)7-11-5-3-2-4-6-11/h2-6,8-10,23H,7H2,1H3,(H,20,27)/b18-10-. The van der Waals surface area contributed by atoms with Gasteiger partial charge in [-0.05, 0) is 17.8 Å². The third-order valence-corrected chi connectivity index (χ3v) is 4.02. The Kier molecular flexibility index (Phi) is 5.27. The molecule has 3 rings (SSSR count). The second-order valence-electron chi connectivity index (χ2n) is 5.51. The molecule has 0 aliphatic rings. The van der Waals surface area contributed by atoms with E-state index < -0.39 is 4.92 Å². The summed E-state index contributed by atoms with van der Waals surface area (Å²) in [5.74, 6) is 0.275. The zero-order valence-electron chi connectivity index (χ0n) is 14.2. The highest BCUT2D eigenvalue weighted by Gasteiger charge is 2.16. The minimum atomic E-state index is -0.580. The van der Waals surface area contributed by atoms with Crippen LogP contribution >= 0.6 is 12.2 Å². The van der Waals surface area contributed by atoms with Crippen molar-refractivity contribution in [2.24, 2.45) is 5.10 Å². The van der Waals surface area contributed by atoms with Gasteiger partial charge in [0.15, 0.2) is 17.3 Å². The van der Waals surface area contributed by atoms with E-state index in [1.807, 2.05) is 30.3 Å². The van der Waals surface area contributed by atoms with Crippen molar-refractivity contribution in [2.75, 3.05) is 7.11 Å². The first-order chi connectivity index (χ1) is 13.0. The third-order valence-electron chi connectivity index (χ3n) is 3.75. The third kappa shape index (κ3) is 4.01. The normalized spacial score (nSPS) is 11.0. The quantitative estimate of drug-likeness (QED) is 0.291. The number of nitrogens with zero attached hydrogens (tertiary/aromatic N) is 4. The van der Waals surface area contributed by atoms with Gasteiger partial charge in [0, 0.05) is 18.1 Å². The number of aromatic nitrogens is 3. The van der Waals surface area contributed by atoms with E-state index in [0.717, 1.165) is 11.6 Å². The first kappa shape index (κ1) is 18.3. The summed E-state index contributed by atoms with van der Waals surface area (Å²) < 4.78 is 6.63. The molecule has 2 aromatic carbocycles. The number of aromatic amines is 1. The molecule has 0 saturated carbocycles. The number of non-ortho nitro benzene ring substituents is 1. The number of hydrogen-bond donors (Lipinski definition) is 2. The van der Waals surface area contributed by atoms with Crippen molar-refractivity contribution < 1.29 is 14.8 Å². The topological polar surface area (TPSA) is 119 Å². The molecular weight excluding hydrogens is 370 g/mol. The number of ether oxygens (including phenoxy) is 1. The van der Waals surface area contributed by atoms with Gasteiger partial charge in [-0.15, -0.1) is 0 Å². The SMILES string of the molecule is COc1cc([N+](=O)[O-])cc(/C=N\n2c(Cc3ccccc3)n[nH]c2=S)c1O. The molecule has 2 N–H and O–H groups in total. The highest BCUT2D eigenvalue weighted by atomic mass is 32.1. The Balaban J connectivity index is 1.97. The highest BCUT2D eigenvalue weighted by Crippen LogP contribution is 2.33. The van der Waals surface area contributed by atoms with Crippen molar-refractivity contribution in [2.45, 2.75) is 6.42 Å². The number of rotatable bonds is 6. The molecule has 10 heteroatoms. The Hall–Kier alpha value is -3.53. The fourth-order valence-corrected chi connectivity index (χ4v) is 2.63. The Labute approximate surface area is 158 Å². The number of phenols is 1. The molecule has 1 aromatic heterocycles. The van der Waals surface area contributed by atoms with Crippen molar-refractivity contribution in [3.05, 3.63) is 74.3 Å². The molecule has 0 radical (unpaired) electrons. The number of aromatic hydroxyl groups is 1. The van der Waals surface area contributed by atoms with E-state index in [-0.39, 0.29) is 27.5 Å². The molecule has 1 heterocycles. The van der Waals surface area contributed by atoms with Crippen molar-refractivity contribution in [1.82, 2.24) is 14.9 Å². The molecule has 27 heavy (non-hydrogen) atoms. The lowest BCUT2D eigenvalue weighted by Crippen LogP contribution is -2.01. The van der Waals surface area contributed by atoms with Crippen LogP contribution in [0.1, 0.15) is 17.0 Å². The van der Waals surface area contributed by atoms with Crippen molar-refractivity contribution in [1.29, 1.82) is 0 Å². The molecule has 9 nitrogen and oxygen atoms in total. The van der Waals surface area contributed by atoms with Gasteiger partial charge in [-0.1, -0.05) is 30.3 Å². The van der Waals surface area contributed by atoms with Crippen LogP contribution in [-0.2, 0) is 6.42 Å². The monoisotopic (exact) mass is 385 g/mol. The van der Waals surface area contributed by atoms with Crippen LogP contribution in [0.5, 0.6) is 11.5 Å². The second kappa shape index (κ2) is 7.79. The molecule has 0 atom stereocenters. The van der Waals surface area contributed by atoms with Crippen LogP contribution in [-0.4, -0.2) is 38.2 Å². The second-order valence-corrected chi connectivity index (χ2v) is 5.89. The molecule has 0 amide bonds. The first-order valence-electron chi connectivity index (χ1n) is 7.79. The zero-order valence-corrected chi connectivity index (χ0v) is 15.0. The molecule has 0 aliphatic carbocycles. The predicted octanol–water partition coefficient (Wildman–Crippen LogP) is 3.04. The molecule has 0 bridgehead atoms. The predicted molar refractivity (Wildman–Crippen MR) is 101 cm³/mol. The van der Waals surface area contributed by atoms with Crippen LogP contribution < -0.4 is 4.74 Å². The molecule has 0 unspecified atom stereocenters. The van der Waals surface area contributed by atoms with Crippen LogP contribution in [0.4, 0.5) is 5.69 Å². The molecular formula is C17H15N5O4S. The van der Waals surface area contributed by atoms with E-state index in [2.05, 4.69) is 15.3 Å².